The van der Waals surface area contributed by atoms with Gasteiger partial charge in [-0.2, -0.15) is 0 Å². The van der Waals surface area contributed by atoms with E-state index in [-0.39, 0.29) is 12.7 Å². The Morgan fingerprint density at radius 2 is 2.05 bits per heavy atom. The number of carboxylic acids is 1. The van der Waals surface area contributed by atoms with Gasteiger partial charge in [0.25, 0.3) is 0 Å². The van der Waals surface area contributed by atoms with Crippen molar-refractivity contribution in [2.75, 3.05) is 30.4 Å². The van der Waals surface area contributed by atoms with Crippen LogP contribution in [-0.2, 0) is 14.3 Å². The Hall–Kier alpha value is -4.29. The minimum absolute atomic E-state index is 0.0346. The lowest BCUT2D eigenvalue weighted by atomic mass is 9.95. The fourth-order valence-electron chi connectivity index (χ4n) is 3.87. The van der Waals surface area contributed by atoms with Gasteiger partial charge in [0.15, 0.2) is 0 Å². The van der Waals surface area contributed by atoms with Crippen LogP contribution in [0.2, 0.25) is 0 Å². The maximum Gasteiger partial charge on any atom is 0.312 e. The Bertz CT molecular complexity index is 1260. The van der Waals surface area contributed by atoms with Crippen molar-refractivity contribution >= 4 is 35.5 Å². The number of rotatable bonds is 10. The average Bonchev–Trinajstić information content (AvgIpc) is 3.17. The molecule has 8 nitrogen and oxygen atoms in total. The van der Waals surface area contributed by atoms with Gasteiger partial charge in [-0.25, -0.2) is 4.99 Å². The summed E-state index contributed by atoms with van der Waals surface area (Å²) in [7, 11) is 2.10. The van der Waals surface area contributed by atoms with Crippen LogP contribution in [-0.4, -0.2) is 50.0 Å². The van der Waals surface area contributed by atoms with E-state index >= 15 is 0 Å². The molecule has 0 fully saturated rings. The summed E-state index contributed by atoms with van der Waals surface area (Å²) >= 11 is 0. The monoisotopic (exact) mass is 531 g/mol. The lowest BCUT2D eigenvalue weighted by Gasteiger charge is -2.34. The number of nitrogens with one attached hydrogen (secondary N) is 1. The number of unbranched alkanes of at least 4 members (excludes halogenated alkanes) is 1. The van der Waals surface area contributed by atoms with Gasteiger partial charge in [-0.15, -0.1) is 5.73 Å². The summed E-state index contributed by atoms with van der Waals surface area (Å²) in [6.45, 7) is 6.36. The van der Waals surface area contributed by atoms with E-state index in [1.54, 1.807) is 32.2 Å². The predicted molar refractivity (Wildman–Crippen MR) is 155 cm³/mol. The molecular formula is C31H37N3O5. The summed E-state index contributed by atoms with van der Waals surface area (Å²) in [5.74, 6) is 0.327. The highest BCUT2D eigenvalue weighted by molar-refractivity contribution is 6.10. The van der Waals surface area contributed by atoms with E-state index in [2.05, 4.69) is 41.0 Å². The van der Waals surface area contributed by atoms with Crippen LogP contribution in [0.15, 0.2) is 77.3 Å². The zero-order chi connectivity index (χ0) is 28.3. The van der Waals surface area contributed by atoms with Crippen molar-refractivity contribution in [3.05, 3.63) is 77.9 Å². The lowest BCUT2D eigenvalue weighted by molar-refractivity contribution is -0.149. The first-order valence-electron chi connectivity index (χ1n) is 13.1. The van der Waals surface area contributed by atoms with Gasteiger partial charge in [0.2, 0.25) is 12.3 Å². The molecule has 0 saturated carbocycles. The molecule has 2 N–H and O–H groups in total. The number of para-hydroxylation sites is 1. The number of benzene rings is 2. The molecule has 1 atom stereocenters. The summed E-state index contributed by atoms with van der Waals surface area (Å²) in [6.07, 6.45) is 9.33. The number of hydrogen-bond acceptors (Lipinski definition) is 6. The second kappa shape index (κ2) is 14.0. The molecular weight excluding hydrogens is 494 g/mol. The molecule has 2 aromatic carbocycles. The van der Waals surface area contributed by atoms with Gasteiger partial charge in [0.05, 0.1) is 17.6 Å². The Balaban J connectivity index is 0.000000395. The van der Waals surface area contributed by atoms with Crippen LogP contribution in [0.3, 0.4) is 0 Å². The van der Waals surface area contributed by atoms with E-state index in [4.69, 9.17) is 9.47 Å². The predicted octanol–water partition coefficient (Wildman–Crippen LogP) is 5.92. The Morgan fingerprint density at radius 1 is 1.28 bits per heavy atom. The molecule has 2 aromatic rings. The van der Waals surface area contributed by atoms with Crippen LogP contribution in [0, 0.1) is 5.41 Å². The zero-order valence-corrected chi connectivity index (χ0v) is 23.0. The molecule has 1 unspecified atom stereocenters. The highest BCUT2D eigenvalue weighted by Gasteiger charge is 2.28. The lowest BCUT2D eigenvalue weighted by Crippen LogP contribution is -2.37. The third-order valence-corrected chi connectivity index (χ3v) is 6.28. The van der Waals surface area contributed by atoms with Crippen molar-refractivity contribution < 1.29 is 24.2 Å². The summed E-state index contributed by atoms with van der Waals surface area (Å²) in [5, 5.41) is 11.7. The number of fused-ring (bicyclic) bond motifs is 1. The molecule has 0 bridgehead atoms. The molecule has 0 aromatic heterocycles. The third kappa shape index (κ3) is 8.62. The molecule has 2 aliphatic heterocycles. The van der Waals surface area contributed by atoms with Gasteiger partial charge in [-0.3, -0.25) is 9.59 Å². The van der Waals surface area contributed by atoms with Crippen LogP contribution in [0.1, 0.15) is 45.6 Å². The standard InChI is InChI=1S/C24H30N2O4.C7H7NO/c1-5-6-9-19-15-26(4)20-12-11-17(13-21(20)30-19)18-8-7-10-22(25-14-18)29-16-24(2,3)23(27)28;9-6-8-7-4-2-1-3-5-7/h7,10-14,19H,5-6,9,15-16H2,1-4H3,(H,27,28);1-6H,(H,8,9). The van der Waals surface area contributed by atoms with E-state index in [0.29, 0.717) is 12.3 Å². The summed E-state index contributed by atoms with van der Waals surface area (Å²) in [6, 6.07) is 15.4. The summed E-state index contributed by atoms with van der Waals surface area (Å²) in [4.78, 5) is 27.7. The molecule has 39 heavy (non-hydrogen) atoms. The second-order valence-electron chi connectivity index (χ2n) is 10.0. The van der Waals surface area contributed by atoms with Gasteiger partial charge in [-0.05, 0) is 62.6 Å². The van der Waals surface area contributed by atoms with Crippen molar-refractivity contribution in [3.8, 4) is 5.75 Å². The van der Waals surface area contributed by atoms with Gasteiger partial charge in [0, 0.05) is 30.6 Å². The second-order valence-corrected chi connectivity index (χ2v) is 10.0. The first-order chi connectivity index (χ1) is 18.7. The first kappa shape index (κ1) is 29.3. The normalized spacial score (nSPS) is 15.9. The van der Waals surface area contributed by atoms with Crippen molar-refractivity contribution in [2.24, 2.45) is 10.4 Å². The molecule has 0 aliphatic carbocycles. The maximum atomic E-state index is 11.2. The summed E-state index contributed by atoms with van der Waals surface area (Å²) in [5.41, 5.74) is 5.90. The quantitative estimate of drug-likeness (QED) is 0.292. The number of ether oxygens (including phenoxy) is 2. The van der Waals surface area contributed by atoms with Crippen molar-refractivity contribution in [3.63, 3.8) is 0 Å². The maximum absolute atomic E-state index is 11.2. The third-order valence-electron chi connectivity index (χ3n) is 6.28. The van der Waals surface area contributed by atoms with Crippen molar-refractivity contribution in [1.82, 2.24) is 0 Å². The highest BCUT2D eigenvalue weighted by Crippen LogP contribution is 2.36. The van der Waals surface area contributed by atoms with Gasteiger partial charge in [0.1, 0.15) is 18.5 Å². The number of carbonyl (C=O) groups is 2. The molecule has 4 rings (SSSR count). The number of amides is 1. The number of nitrogens with zero attached hydrogens (tertiary/aromatic N) is 2. The van der Waals surface area contributed by atoms with Crippen molar-refractivity contribution in [2.45, 2.75) is 46.1 Å². The zero-order valence-electron chi connectivity index (χ0n) is 23.0. The smallest absolute Gasteiger partial charge is 0.312 e. The first-order valence-corrected chi connectivity index (χ1v) is 13.1. The minimum Gasteiger partial charge on any atom is -0.486 e. The number of anilines is 2. The number of hydrogen-bond donors (Lipinski definition) is 2. The van der Waals surface area contributed by atoms with Crippen LogP contribution in [0.5, 0.6) is 5.75 Å². The Labute approximate surface area is 230 Å². The molecule has 0 saturated heterocycles. The fraction of sp³-hybridized carbons (Fsp3) is 0.355. The summed E-state index contributed by atoms with van der Waals surface area (Å²) < 4.78 is 11.9. The Morgan fingerprint density at radius 3 is 2.74 bits per heavy atom. The van der Waals surface area contributed by atoms with E-state index in [0.717, 1.165) is 54.1 Å². The molecule has 206 valence electrons. The largest absolute Gasteiger partial charge is 0.486 e. The molecule has 0 radical (unpaired) electrons. The number of aliphatic imine (C=N–C) groups is 1. The van der Waals surface area contributed by atoms with Gasteiger partial charge < -0.3 is 24.8 Å². The van der Waals surface area contributed by atoms with E-state index < -0.39 is 11.4 Å². The highest BCUT2D eigenvalue weighted by atomic mass is 16.5. The molecule has 0 spiro atoms. The number of carboxylic acid groups (broad SMARTS) is 1. The van der Waals surface area contributed by atoms with Crippen LogP contribution >= 0.6 is 0 Å². The van der Waals surface area contributed by atoms with Gasteiger partial charge >= 0.3 is 5.97 Å². The van der Waals surface area contributed by atoms with Gasteiger partial charge in [-0.1, -0.05) is 37.6 Å². The number of allylic oxidation sites excluding steroid dienone is 2. The molecule has 8 heteroatoms. The van der Waals surface area contributed by atoms with E-state index in [1.165, 1.54) is 0 Å². The number of aliphatic carboxylic acids is 1. The van der Waals surface area contributed by atoms with E-state index in [1.807, 2.05) is 42.5 Å². The van der Waals surface area contributed by atoms with Crippen molar-refractivity contribution in [1.29, 1.82) is 0 Å². The molecule has 2 heterocycles. The molecule has 1 amide bonds. The SMILES string of the molecule is CCCCC1CN(C)c2ccc(C3=C=CC=C(OCC(C)(C)C(=O)O)N=C3)cc2O1.O=CNc1ccccc1. The molecule has 2 aliphatic rings. The number of likely N-dealkylation sites (N-methyl/N-ethyl adjacent to an activating group) is 1. The van der Waals surface area contributed by atoms with Crippen LogP contribution < -0.4 is 15.0 Å². The van der Waals surface area contributed by atoms with E-state index in [9.17, 15) is 14.7 Å². The average molecular weight is 532 g/mol. The van der Waals surface area contributed by atoms with Crippen LogP contribution in [0.25, 0.3) is 5.57 Å². The van der Waals surface area contributed by atoms with Crippen LogP contribution in [0.4, 0.5) is 11.4 Å². The minimum atomic E-state index is -0.987. The topological polar surface area (TPSA) is 100 Å². The number of carbonyl (C=O) groups excluding carboxylic acids is 1. The fourth-order valence-corrected chi connectivity index (χ4v) is 3.87. The Kier molecular flexibility index (Phi) is 10.5.